The first-order valence-electron chi connectivity index (χ1n) is 5.88. The Bertz CT molecular complexity index is 483. The average Bonchev–Trinajstić information content (AvgIpc) is 2.36. The van der Waals surface area contributed by atoms with Crippen molar-refractivity contribution in [2.24, 2.45) is 0 Å². The molecular weight excluding hydrogens is 269 g/mol. The van der Waals surface area contributed by atoms with Gasteiger partial charge in [0.15, 0.2) is 0 Å². The summed E-state index contributed by atoms with van der Waals surface area (Å²) in [6, 6.07) is 5.55. The molecule has 0 bridgehead atoms. The Kier molecular flexibility index (Phi) is 4.70. The van der Waals surface area contributed by atoms with Crippen LogP contribution < -0.4 is 0 Å². The van der Waals surface area contributed by atoms with E-state index in [1.165, 1.54) is 0 Å². The fourth-order valence-corrected chi connectivity index (χ4v) is 2.49. The highest BCUT2D eigenvalue weighted by molar-refractivity contribution is 6.35. The van der Waals surface area contributed by atoms with E-state index in [0.29, 0.717) is 10.0 Å². The second-order valence-corrected chi connectivity index (χ2v) is 5.05. The molecule has 0 unspecified atom stereocenters. The number of hydrogen-bond acceptors (Lipinski definition) is 2. The normalized spacial score (nSPS) is 14.8. The summed E-state index contributed by atoms with van der Waals surface area (Å²) in [4.78, 5) is 2.16. The van der Waals surface area contributed by atoms with Gasteiger partial charge in [-0.1, -0.05) is 35.3 Å². The molecule has 0 amide bonds. The Morgan fingerprint density at radius 1 is 1.28 bits per heavy atom. The van der Waals surface area contributed by atoms with Crippen molar-refractivity contribution in [3.63, 3.8) is 0 Å². The Morgan fingerprint density at radius 3 is 2.83 bits per heavy atom. The Balaban J connectivity index is 2.14. The Morgan fingerprint density at radius 2 is 2.11 bits per heavy atom. The molecule has 1 N–H and O–H groups in total. The molecule has 0 fully saturated rings. The minimum atomic E-state index is 0.213. The largest absolute Gasteiger partial charge is 0.396 e. The minimum Gasteiger partial charge on any atom is -0.396 e. The molecular formula is C14H15Cl2NO. The molecule has 1 aliphatic heterocycles. The van der Waals surface area contributed by atoms with Crippen LogP contribution in [0.25, 0.3) is 5.57 Å². The van der Waals surface area contributed by atoms with Crippen LogP contribution in [0.1, 0.15) is 12.0 Å². The van der Waals surface area contributed by atoms with Gasteiger partial charge in [0.2, 0.25) is 0 Å². The highest BCUT2D eigenvalue weighted by Crippen LogP contribution is 2.29. The van der Waals surface area contributed by atoms with Crippen LogP contribution in [0.15, 0.2) is 36.6 Å². The molecule has 96 valence electrons. The minimum absolute atomic E-state index is 0.213. The summed E-state index contributed by atoms with van der Waals surface area (Å²) in [7, 11) is 0. The predicted octanol–water partition coefficient (Wildman–Crippen LogP) is 3.59. The van der Waals surface area contributed by atoms with Gasteiger partial charge in [-0.15, -0.1) is 0 Å². The van der Waals surface area contributed by atoms with Crippen molar-refractivity contribution < 1.29 is 5.11 Å². The number of halogens is 2. The number of aliphatic hydroxyl groups excluding tert-OH is 1. The van der Waals surface area contributed by atoms with Crippen LogP contribution >= 0.6 is 23.2 Å². The third-order valence-electron chi connectivity index (χ3n) is 2.85. The summed E-state index contributed by atoms with van der Waals surface area (Å²) in [5.74, 6) is 0. The molecule has 1 aromatic carbocycles. The van der Waals surface area contributed by atoms with Crippen molar-refractivity contribution in [1.82, 2.24) is 4.90 Å². The molecule has 0 atom stereocenters. The smallest absolute Gasteiger partial charge is 0.0496 e. The van der Waals surface area contributed by atoms with Crippen molar-refractivity contribution in [2.45, 2.75) is 6.42 Å². The molecule has 0 aliphatic carbocycles. The van der Waals surface area contributed by atoms with Crippen LogP contribution in [0.4, 0.5) is 0 Å². The lowest BCUT2D eigenvalue weighted by molar-refractivity contribution is 0.265. The molecule has 0 aromatic heterocycles. The van der Waals surface area contributed by atoms with Crippen LogP contribution in [-0.2, 0) is 0 Å². The van der Waals surface area contributed by atoms with Crippen LogP contribution in [0, 0.1) is 0 Å². The van der Waals surface area contributed by atoms with E-state index in [0.717, 1.165) is 30.6 Å². The molecule has 4 heteroatoms. The Labute approximate surface area is 117 Å². The number of benzene rings is 1. The van der Waals surface area contributed by atoms with Gasteiger partial charge >= 0.3 is 0 Å². The van der Waals surface area contributed by atoms with E-state index in [9.17, 15) is 0 Å². The van der Waals surface area contributed by atoms with E-state index in [1.54, 1.807) is 6.07 Å². The maximum Gasteiger partial charge on any atom is 0.0496 e. The molecule has 2 nitrogen and oxygen atoms in total. The summed E-state index contributed by atoms with van der Waals surface area (Å²) in [6.07, 6.45) is 6.86. The van der Waals surface area contributed by atoms with E-state index in [-0.39, 0.29) is 6.61 Å². The fourth-order valence-electron chi connectivity index (χ4n) is 1.96. The Hall–Kier alpha value is -0.960. The van der Waals surface area contributed by atoms with Crippen molar-refractivity contribution >= 4 is 28.8 Å². The van der Waals surface area contributed by atoms with Crippen molar-refractivity contribution in [1.29, 1.82) is 0 Å². The molecule has 0 radical (unpaired) electrons. The maximum absolute atomic E-state index is 8.85. The number of aliphatic hydroxyl groups is 1. The summed E-state index contributed by atoms with van der Waals surface area (Å²) >= 11 is 12.1. The molecule has 0 saturated heterocycles. The second-order valence-electron chi connectivity index (χ2n) is 4.21. The maximum atomic E-state index is 8.85. The molecule has 2 rings (SSSR count). The van der Waals surface area contributed by atoms with Crippen molar-refractivity contribution in [3.05, 3.63) is 52.2 Å². The van der Waals surface area contributed by atoms with Gasteiger partial charge in [-0.05, 0) is 42.0 Å². The van der Waals surface area contributed by atoms with Gasteiger partial charge in [0.25, 0.3) is 0 Å². The van der Waals surface area contributed by atoms with Crippen molar-refractivity contribution in [3.8, 4) is 0 Å². The summed E-state index contributed by atoms with van der Waals surface area (Å²) in [5, 5.41) is 10.2. The van der Waals surface area contributed by atoms with Gasteiger partial charge in [0, 0.05) is 29.7 Å². The van der Waals surface area contributed by atoms with E-state index in [4.69, 9.17) is 28.3 Å². The van der Waals surface area contributed by atoms with Crippen LogP contribution in [0.5, 0.6) is 0 Å². The fraction of sp³-hybridized carbons (Fsp3) is 0.286. The average molecular weight is 284 g/mol. The lowest BCUT2D eigenvalue weighted by Gasteiger charge is -2.25. The zero-order valence-corrected chi connectivity index (χ0v) is 11.5. The summed E-state index contributed by atoms with van der Waals surface area (Å²) in [5.41, 5.74) is 2.18. The molecule has 1 aliphatic rings. The third kappa shape index (κ3) is 3.29. The zero-order chi connectivity index (χ0) is 13.0. The standard InChI is InChI=1S/C14H15Cl2NO/c15-12-4-5-13(14(16)9-12)11-3-1-6-17(10-11)7-2-8-18/h1,3-6,9,18H,2,7-8,10H2. The lowest BCUT2D eigenvalue weighted by atomic mass is 10.0. The summed E-state index contributed by atoms with van der Waals surface area (Å²) < 4.78 is 0. The van der Waals surface area contributed by atoms with Crippen LogP contribution in [-0.4, -0.2) is 29.7 Å². The predicted molar refractivity (Wildman–Crippen MR) is 76.9 cm³/mol. The van der Waals surface area contributed by atoms with Crippen LogP contribution in [0.2, 0.25) is 10.0 Å². The third-order valence-corrected chi connectivity index (χ3v) is 3.40. The molecule has 0 spiro atoms. The molecule has 1 aromatic rings. The topological polar surface area (TPSA) is 23.5 Å². The SMILES string of the molecule is OCCCN1C=CC=C(c2ccc(Cl)cc2Cl)C1. The van der Waals surface area contributed by atoms with Gasteiger partial charge in [0.05, 0.1) is 0 Å². The number of allylic oxidation sites excluding steroid dienone is 2. The molecule has 1 heterocycles. The van der Waals surface area contributed by atoms with Gasteiger partial charge in [0.1, 0.15) is 0 Å². The van der Waals surface area contributed by atoms with Gasteiger partial charge in [-0.3, -0.25) is 0 Å². The van der Waals surface area contributed by atoms with Crippen molar-refractivity contribution in [2.75, 3.05) is 19.7 Å². The van der Waals surface area contributed by atoms with E-state index < -0.39 is 0 Å². The first kappa shape index (κ1) is 13.5. The highest BCUT2D eigenvalue weighted by Gasteiger charge is 2.12. The summed E-state index contributed by atoms with van der Waals surface area (Å²) in [6.45, 7) is 1.86. The molecule has 0 saturated carbocycles. The molecule has 18 heavy (non-hydrogen) atoms. The van der Waals surface area contributed by atoms with Gasteiger partial charge in [-0.25, -0.2) is 0 Å². The second kappa shape index (κ2) is 6.28. The van der Waals surface area contributed by atoms with Gasteiger partial charge < -0.3 is 10.0 Å². The number of hydrogen-bond donors (Lipinski definition) is 1. The lowest BCUT2D eigenvalue weighted by Crippen LogP contribution is -2.23. The van der Waals surface area contributed by atoms with Crippen LogP contribution in [0.3, 0.4) is 0 Å². The zero-order valence-electron chi connectivity index (χ0n) is 9.94. The number of rotatable bonds is 4. The first-order chi connectivity index (χ1) is 8.70. The monoisotopic (exact) mass is 283 g/mol. The van der Waals surface area contributed by atoms with E-state index in [2.05, 4.69) is 11.0 Å². The first-order valence-corrected chi connectivity index (χ1v) is 6.64. The highest BCUT2D eigenvalue weighted by atomic mass is 35.5. The van der Waals surface area contributed by atoms with Gasteiger partial charge in [-0.2, -0.15) is 0 Å². The number of nitrogens with zero attached hydrogens (tertiary/aromatic N) is 1. The quantitative estimate of drug-likeness (QED) is 0.913. The van der Waals surface area contributed by atoms with E-state index in [1.807, 2.05) is 24.4 Å². The van der Waals surface area contributed by atoms with E-state index >= 15 is 0 Å².